The average molecular weight is 379 g/mol. The van der Waals surface area contributed by atoms with Crippen molar-refractivity contribution in [3.63, 3.8) is 0 Å². The van der Waals surface area contributed by atoms with Gasteiger partial charge in [0.25, 0.3) is 11.5 Å². The topological polar surface area (TPSA) is 139 Å². The first-order valence-electron chi connectivity index (χ1n) is 9.19. The van der Waals surface area contributed by atoms with Crippen LogP contribution in [0.2, 0.25) is 0 Å². The second-order valence-electron chi connectivity index (χ2n) is 7.05. The summed E-state index contributed by atoms with van der Waals surface area (Å²) in [6.45, 7) is 4.51. The molecule has 0 spiro atoms. The van der Waals surface area contributed by atoms with Crippen LogP contribution in [0, 0.1) is 5.92 Å². The quantitative estimate of drug-likeness (QED) is 0.388. The van der Waals surface area contributed by atoms with Crippen molar-refractivity contribution in [1.29, 1.82) is 0 Å². The van der Waals surface area contributed by atoms with Gasteiger partial charge in [0.05, 0.1) is 13.2 Å². The normalized spacial score (nSPS) is 25.2. The summed E-state index contributed by atoms with van der Waals surface area (Å²) >= 11 is 0. The molecule has 0 radical (unpaired) electrons. The molecule has 5 N–H and O–H groups in total. The minimum Gasteiger partial charge on any atom is -0.386 e. The highest BCUT2D eigenvalue weighted by atomic mass is 16.5. The van der Waals surface area contributed by atoms with E-state index in [1.165, 1.54) is 0 Å². The van der Waals surface area contributed by atoms with Crippen molar-refractivity contribution < 1.29 is 19.2 Å². The number of aromatic nitrogens is 4. The summed E-state index contributed by atoms with van der Waals surface area (Å²) < 4.78 is 9.12. The zero-order chi connectivity index (χ0) is 19.7. The summed E-state index contributed by atoms with van der Waals surface area (Å²) in [4.78, 5) is 31.0. The van der Waals surface area contributed by atoms with Crippen LogP contribution in [0.1, 0.15) is 39.3 Å². The number of rotatable bonds is 6. The molecule has 1 aliphatic rings. The van der Waals surface area contributed by atoms with Gasteiger partial charge in [0.1, 0.15) is 6.10 Å². The van der Waals surface area contributed by atoms with E-state index >= 15 is 0 Å². The number of nitrogen functional groups attached to an aromatic ring is 1. The van der Waals surface area contributed by atoms with Gasteiger partial charge in [0.15, 0.2) is 6.33 Å². The van der Waals surface area contributed by atoms with Crippen LogP contribution in [0.3, 0.4) is 0 Å². The molecule has 3 heterocycles. The van der Waals surface area contributed by atoms with Crippen molar-refractivity contribution in [2.24, 2.45) is 13.0 Å². The van der Waals surface area contributed by atoms with Crippen molar-refractivity contribution >= 4 is 23.0 Å². The summed E-state index contributed by atoms with van der Waals surface area (Å²) in [7, 11) is 1.70. The molecule has 1 fully saturated rings. The first kappa shape index (κ1) is 19.3. The lowest BCUT2D eigenvalue weighted by Crippen LogP contribution is -2.45. The van der Waals surface area contributed by atoms with Crippen LogP contribution in [0.4, 0.5) is 5.95 Å². The number of aromatic amines is 1. The molecule has 0 bridgehead atoms. The third-order valence-electron chi connectivity index (χ3n) is 5.03. The van der Waals surface area contributed by atoms with Gasteiger partial charge in [-0.3, -0.25) is 19.1 Å². The Hall–Kier alpha value is -2.46. The number of anilines is 1. The molecule has 27 heavy (non-hydrogen) atoms. The van der Waals surface area contributed by atoms with Crippen molar-refractivity contribution in [2.75, 3.05) is 12.3 Å². The standard InChI is InChI=1S/C17H26N6O4/c1-4-5-6-19-11(24)7-10-9(2)27-16(13(10)25)23-8-22(3)12-14(23)20-17(18)21-15(12)26/h8-10,13,16,25H,4-7H2,1-3H3,(H3-,18,19,20,21,24,26)/p+1/t9-,10-,13-,16?/m1/s1. The van der Waals surface area contributed by atoms with Gasteiger partial charge in [0.2, 0.25) is 17.7 Å². The smallest absolute Gasteiger partial charge is 0.313 e. The lowest BCUT2D eigenvalue weighted by Gasteiger charge is -2.17. The number of aliphatic hydroxyl groups is 1. The molecule has 1 saturated heterocycles. The number of aliphatic hydroxyl groups excluding tert-OH is 1. The minimum atomic E-state index is -0.921. The van der Waals surface area contributed by atoms with Crippen LogP contribution < -0.4 is 21.2 Å². The van der Waals surface area contributed by atoms with Gasteiger partial charge in [-0.2, -0.15) is 0 Å². The fourth-order valence-corrected chi connectivity index (χ4v) is 3.55. The van der Waals surface area contributed by atoms with E-state index in [0.717, 1.165) is 12.8 Å². The van der Waals surface area contributed by atoms with Crippen molar-refractivity contribution in [3.8, 4) is 0 Å². The van der Waals surface area contributed by atoms with Gasteiger partial charge in [-0.15, -0.1) is 0 Å². The number of amides is 1. The number of nitrogens with one attached hydrogen (secondary N) is 2. The Bertz CT molecular complexity index is 891. The lowest BCUT2D eigenvalue weighted by molar-refractivity contribution is -0.745. The number of carbonyl (C=O) groups excluding carboxylic acids is 1. The number of H-pyrrole nitrogens is 1. The zero-order valence-electron chi connectivity index (χ0n) is 15.8. The maximum Gasteiger partial charge on any atom is 0.313 e. The van der Waals surface area contributed by atoms with Crippen LogP contribution in [0.5, 0.6) is 0 Å². The number of fused-ring (bicyclic) bond motifs is 1. The molecule has 10 nitrogen and oxygen atoms in total. The van der Waals surface area contributed by atoms with E-state index in [0.29, 0.717) is 17.7 Å². The molecule has 2 aromatic rings. The van der Waals surface area contributed by atoms with Gasteiger partial charge in [-0.05, 0) is 13.3 Å². The van der Waals surface area contributed by atoms with Gasteiger partial charge in [-0.1, -0.05) is 18.3 Å². The number of hydrogen-bond acceptors (Lipinski definition) is 6. The number of nitrogens with two attached hydrogens (primary N) is 1. The molecular weight excluding hydrogens is 352 g/mol. The molecule has 1 aliphatic heterocycles. The van der Waals surface area contributed by atoms with Gasteiger partial charge < -0.3 is 20.9 Å². The van der Waals surface area contributed by atoms with Crippen molar-refractivity contribution in [2.45, 2.75) is 51.5 Å². The van der Waals surface area contributed by atoms with E-state index in [2.05, 4.69) is 22.2 Å². The molecule has 148 valence electrons. The summed E-state index contributed by atoms with van der Waals surface area (Å²) in [5.74, 6) is -0.483. The van der Waals surface area contributed by atoms with E-state index in [-0.39, 0.29) is 35.9 Å². The van der Waals surface area contributed by atoms with Gasteiger partial charge >= 0.3 is 5.65 Å². The summed E-state index contributed by atoms with van der Waals surface area (Å²) in [5, 5.41) is 13.7. The van der Waals surface area contributed by atoms with Gasteiger partial charge in [-0.25, -0.2) is 4.57 Å². The van der Waals surface area contributed by atoms with E-state index in [1.54, 1.807) is 22.5 Å². The van der Waals surface area contributed by atoms with E-state index in [9.17, 15) is 14.7 Å². The molecule has 1 amide bonds. The number of aryl methyl sites for hydroxylation is 1. The highest BCUT2D eigenvalue weighted by Gasteiger charge is 2.46. The predicted octanol–water partition coefficient (Wildman–Crippen LogP) is -0.668. The number of unbranched alkanes of at least 4 members (excludes halogenated alkanes) is 1. The first-order valence-corrected chi connectivity index (χ1v) is 9.19. The monoisotopic (exact) mass is 379 g/mol. The second kappa shape index (κ2) is 7.65. The molecule has 0 aromatic carbocycles. The predicted molar refractivity (Wildman–Crippen MR) is 97.6 cm³/mol. The Balaban J connectivity index is 1.84. The van der Waals surface area contributed by atoms with Crippen LogP contribution in [0.15, 0.2) is 11.1 Å². The molecule has 0 aliphatic carbocycles. The Morgan fingerprint density at radius 1 is 1.56 bits per heavy atom. The summed E-state index contributed by atoms with van der Waals surface area (Å²) in [6, 6.07) is 0. The van der Waals surface area contributed by atoms with Crippen LogP contribution in [-0.2, 0) is 16.6 Å². The second-order valence-corrected chi connectivity index (χ2v) is 7.05. The molecule has 0 saturated carbocycles. The number of hydrogen-bond donors (Lipinski definition) is 4. The zero-order valence-corrected chi connectivity index (χ0v) is 15.8. The highest BCUT2D eigenvalue weighted by Crippen LogP contribution is 2.33. The Morgan fingerprint density at radius 3 is 3.00 bits per heavy atom. The largest absolute Gasteiger partial charge is 0.386 e. The maximum absolute atomic E-state index is 12.2. The SMILES string of the molecule is CCCCNC(=O)C[C@@H]1[C@@H](C)OC([n+]2cn(C)c3c(=O)[nH]c(N)nc32)[C@@H]1O. The fraction of sp³-hybridized carbons (Fsp3) is 0.647. The van der Waals surface area contributed by atoms with E-state index in [1.807, 2.05) is 6.92 Å². The Kier molecular flexibility index (Phi) is 5.47. The summed E-state index contributed by atoms with van der Waals surface area (Å²) in [5.41, 5.74) is 5.95. The third kappa shape index (κ3) is 3.67. The van der Waals surface area contributed by atoms with E-state index in [4.69, 9.17) is 10.5 Å². The molecule has 1 unspecified atom stereocenters. The van der Waals surface area contributed by atoms with Crippen LogP contribution >= 0.6 is 0 Å². The van der Waals surface area contributed by atoms with Crippen molar-refractivity contribution in [1.82, 2.24) is 19.9 Å². The molecule has 4 atom stereocenters. The fourth-order valence-electron chi connectivity index (χ4n) is 3.55. The number of ether oxygens (including phenoxy) is 1. The summed E-state index contributed by atoms with van der Waals surface area (Å²) in [6.07, 6.45) is 1.72. The number of imidazole rings is 1. The Morgan fingerprint density at radius 2 is 2.30 bits per heavy atom. The number of carbonyl (C=O) groups is 1. The van der Waals surface area contributed by atoms with Crippen LogP contribution in [0.25, 0.3) is 11.2 Å². The first-order chi connectivity index (χ1) is 12.8. The van der Waals surface area contributed by atoms with Crippen molar-refractivity contribution in [3.05, 3.63) is 16.7 Å². The molecule has 3 rings (SSSR count). The Labute approximate surface area is 156 Å². The minimum absolute atomic E-state index is 0.0140. The highest BCUT2D eigenvalue weighted by molar-refractivity contribution is 5.76. The molecular formula is C17H27N6O4+. The van der Waals surface area contributed by atoms with Gasteiger partial charge in [0, 0.05) is 18.9 Å². The van der Waals surface area contributed by atoms with Crippen LogP contribution in [-0.4, -0.2) is 44.3 Å². The molecule has 2 aromatic heterocycles. The van der Waals surface area contributed by atoms with E-state index < -0.39 is 12.3 Å². The third-order valence-corrected chi connectivity index (χ3v) is 5.03. The maximum atomic E-state index is 12.2. The lowest BCUT2D eigenvalue weighted by atomic mass is 9.94. The average Bonchev–Trinajstić information content (AvgIpc) is 3.06. The molecule has 10 heteroatoms. The number of nitrogens with zero attached hydrogens (tertiary/aromatic N) is 3.